The van der Waals surface area contributed by atoms with Gasteiger partial charge >= 0.3 is 5.97 Å². The van der Waals surface area contributed by atoms with Crippen LogP contribution in [0.2, 0.25) is 0 Å². The second kappa shape index (κ2) is 11.0. The molecule has 36 heavy (non-hydrogen) atoms. The first-order chi connectivity index (χ1) is 17.3. The monoisotopic (exact) mass is 525 g/mol. The summed E-state index contributed by atoms with van der Waals surface area (Å²) < 4.78 is 10.4. The van der Waals surface area contributed by atoms with Gasteiger partial charge in [0, 0.05) is 18.4 Å². The van der Waals surface area contributed by atoms with Gasteiger partial charge in [-0.2, -0.15) is 0 Å². The van der Waals surface area contributed by atoms with Gasteiger partial charge in [-0.3, -0.25) is 24.2 Å². The third-order valence-electron chi connectivity index (χ3n) is 5.50. The fraction of sp³-hybridized carbons (Fsp3) is 0.240. The van der Waals surface area contributed by atoms with E-state index in [4.69, 9.17) is 21.7 Å². The van der Waals surface area contributed by atoms with E-state index >= 15 is 0 Å². The summed E-state index contributed by atoms with van der Waals surface area (Å²) in [6.07, 6.45) is 0. The number of thiocarbonyl (C=S) groups is 1. The highest BCUT2D eigenvalue weighted by molar-refractivity contribution is 8.26. The van der Waals surface area contributed by atoms with Crippen molar-refractivity contribution in [3.05, 3.63) is 64.6 Å². The fourth-order valence-electron chi connectivity index (χ4n) is 3.83. The number of nitrogens with zero attached hydrogens (tertiary/aromatic N) is 2. The molecule has 1 fully saturated rings. The second-order valence-corrected chi connectivity index (χ2v) is 9.42. The minimum absolute atomic E-state index is 0.231. The number of anilines is 2. The maximum absolute atomic E-state index is 13.5. The van der Waals surface area contributed by atoms with Gasteiger partial charge in [0.15, 0.2) is 0 Å². The lowest BCUT2D eigenvalue weighted by molar-refractivity contribution is -0.123. The first-order valence-corrected chi connectivity index (χ1v) is 12.3. The molecule has 1 saturated heterocycles. The van der Waals surface area contributed by atoms with Gasteiger partial charge in [0.05, 0.1) is 41.5 Å². The number of esters is 1. The van der Waals surface area contributed by atoms with Crippen LogP contribution in [0.4, 0.5) is 11.4 Å². The molecular weight excluding hydrogens is 502 g/mol. The molecule has 0 aliphatic carbocycles. The number of methoxy groups -OCH3 is 1. The summed E-state index contributed by atoms with van der Waals surface area (Å²) in [5.41, 5.74) is 2.17. The largest absolute Gasteiger partial charge is 0.462 e. The molecule has 2 heterocycles. The van der Waals surface area contributed by atoms with Crippen molar-refractivity contribution in [2.24, 2.45) is 0 Å². The third kappa shape index (κ3) is 5.03. The molecule has 0 unspecified atom stereocenters. The van der Waals surface area contributed by atoms with Gasteiger partial charge in [0.25, 0.3) is 11.8 Å². The van der Waals surface area contributed by atoms with E-state index in [1.165, 1.54) is 16.9 Å². The fourth-order valence-corrected chi connectivity index (χ4v) is 5.21. The highest BCUT2D eigenvalue weighted by Crippen LogP contribution is 2.44. The maximum atomic E-state index is 13.5. The van der Waals surface area contributed by atoms with E-state index in [1.54, 1.807) is 55.5 Å². The van der Waals surface area contributed by atoms with E-state index in [-0.39, 0.29) is 36.1 Å². The Hall–Kier alpha value is -3.54. The molecule has 186 valence electrons. The molecule has 3 amide bonds. The topological polar surface area (TPSA) is 105 Å². The summed E-state index contributed by atoms with van der Waals surface area (Å²) in [6, 6.07) is 13.3. The zero-order chi connectivity index (χ0) is 25.8. The average molecular weight is 526 g/mol. The van der Waals surface area contributed by atoms with Gasteiger partial charge < -0.3 is 14.8 Å². The smallest absolute Gasteiger partial charge is 0.338 e. The van der Waals surface area contributed by atoms with Crippen LogP contribution in [0.3, 0.4) is 0 Å². The second-order valence-electron chi connectivity index (χ2n) is 7.78. The Balaban J connectivity index is 1.54. The number of thioether (sulfide) groups is 1. The van der Waals surface area contributed by atoms with E-state index in [0.29, 0.717) is 33.4 Å². The zero-order valence-corrected chi connectivity index (χ0v) is 21.2. The van der Waals surface area contributed by atoms with Crippen LogP contribution in [0.25, 0.3) is 5.57 Å². The number of nitrogens with one attached hydrogen (secondary N) is 1. The van der Waals surface area contributed by atoms with Gasteiger partial charge in [-0.25, -0.2) is 4.79 Å². The van der Waals surface area contributed by atoms with Crippen molar-refractivity contribution in [3.8, 4) is 0 Å². The summed E-state index contributed by atoms with van der Waals surface area (Å²) in [5.74, 6) is -1.69. The molecule has 0 atom stereocenters. The molecule has 4 rings (SSSR count). The molecule has 0 bridgehead atoms. The van der Waals surface area contributed by atoms with Crippen molar-refractivity contribution in [1.82, 2.24) is 4.90 Å². The number of amides is 3. The molecule has 9 nitrogen and oxygen atoms in total. The van der Waals surface area contributed by atoms with Crippen LogP contribution in [0.1, 0.15) is 22.8 Å². The summed E-state index contributed by atoms with van der Waals surface area (Å²) in [6.45, 7) is 2.32. The lowest BCUT2D eigenvalue weighted by Gasteiger charge is -2.17. The number of hydrogen-bond acceptors (Lipinski definition) is 8. The number of fused-ring (bicyclic) bond motifs is 1. The van der Waals surface area contributed by atoms with Gasteiger partial charge in [-0.05, 0) is 37.3 Å². The Morgan fingerprint density at radius 1 is 1.03 bits per heavy atom. The van der Waals surface area contributed by atoms with Crippen LogP contribution < -0.4 is 10.2 Å². The number of carbonyl (C=O) groups is 4. The summed E-state index contributed by atoms with van der Waals surface area (Å²) in [4.78, 5) is 54.2. The quantitative estimate of drug-likeness (QED) is 0.319. The average Bonchev–Trinajstić information content (AvgIpc) is 3.30. The minimum Gasteiger partial charge on any atom is -0.462 e. The molecule has 2 aromatic carbocycles. The van der Waals surface area contributed by atoms with Gasteiger partial charge in [-0.1, -0.05) is 42.2 Å². The van der Waals surface area contributed by atoms with E-state index in [1.807, 2.05) is 0 Å². The van der Waals surface area contributed by atoms with Crippen molar-refractivity contribution in [2.45, 2.75) is 6.92 Å². The lowest BCUT2D eigenvalue weighted by Crippen LogP contribution is -2.35. The number of hydrogen-bond donors (Lipinski definition) is 1. The molecule has 2 aliphatic rings. The van der Waals surface area contributed by atoms with Gasteiger partial charge in [0.1, 0.15) is 10.9 Å². The number of para-hydroxylation sites is 1. The molecule has 0 spiro atoms. The molecule has 0 aromatic heterocycles. The molecule has 2 aliphatic heterocycles. The van der Waals surface area contributed by atoms with Crippen molar-refractivity contribution >= 4 is 68.9 Å². The van der Waals surface area contributed by atoms with E-state index in [9.17, 15) is 19.2 Å². The Bertz CT molecular complexity index is 1270. The molecular formula is C25H23N3O6S2. The van der Waals surface area contributed by atoms with Crippen LogP contribution in [0.15, 0.2) is 53.4 Å². The van der Waals surface area contributed by atoms with Crippen LogP contribution in [-0.4, -0.2) is 66.3 Å². The van der Waals surface area contributed by atoms with E-state index in [2.05, 4.69) is 5.32 Å². The summed E-state index contributed by atoms with van der Waals surface area (Å²) in [7, 11) is 1.53. The molecule has 1 N–H and O–H groups in total. The Labute approximate surface area is 217 Å². The predicted octanol–water partition coefficient (Wildman–Crippen LogP) is 3.07. The van der Waals surface area contributed by atoms with Crippen molar-refractivity contribution in [1.29, 1.82) is 0 Å². The molecule has 0 radical (unpaired) electrons. The Morgan fingerprint density at radius 3 is 2.44 bits per heavy atom. The number of ether oxygens (including phenoxy) is 2. The van der Waals surface area contributed by atoms with E-state index in [0.717, 1.165) is 11.8 Å². The molecule has 11 heteroatoms. The number of rotatable bonds is 8. The van der Waals surface area contributed by atoms with Crippen LogP contribution in [0, 0.1) is 0 Å². The highest BCUT2D eigenvalue weighted by Gasteiger charge is 2.42. The van der Waals surface area contributed by atoms with Gasteiger partial charge in [-0.15, -0.1) is 0 Å². The van der Waals surface area contributed by atoms with Crippen molar-refractivity contribution < 1.29 is 28.7 Å². The number of benzene rings is 2. The Morgan fingerprint density at radius 2 is 1.75 bits per heavy atom. The summed E-state index contributed by atoms with van der Waals surface area (Å²) in [5, 5.41) is 2.73. The molecule has 0 saturated carbocycles. The minimum atomic E-state index is -0.449. The van der Waals surface area contributed by atoms with Crippen molar-refractivity contribution in [2.75, 3.05) is 43.6 Å². The molecule has 2 aromatic rings. The van der Waals surface area contributed by atoms with Crippen molar-refractivity contribution in [3.63, 3.8) is 0 Å². The first kappa shape index (κ1) is 25.5. The highest BCUT2D eigenvalue weighted by atomic mass is 32.2. The SMILES string of the molecule is CCOC(=O)c1ccc(NC(=O)CN2C(=O)/C(=C3\SC(=S)N(CCOC)C3=O)c3ccccc32)cc1. The normalized spacial score (nSPS) is 17.0. The first-order valence-electron chi connectivity index (χ1n) is 11.1. The van der Waals surface area contributed by atoms with Gasteiger partial charge in [0.2, 0.25) is 5.91 Å². The van der Waals surface area contributed by atoms with Crippen LogP contribution in [-0.2, 0) is 23.9 Å². The lowest BCUT2D eigenvalue weighted by atomic mass is 10.1. The number of carbonyl (C=O) groups excluding carboxylic acids is 4. The van der Waals surface area contributed by atoms with E-state index < -0.39 is 17.8 Å². The predicted molar refractivity (Wildman–Crippen MR) is 141 cm³/mol. The zero-order valence-electron chi connectivity index (χ0n) is 19.6. The summed E-state index contributed by atoms with van der Waals surface area (Å²) >= 11 is 6.43. The maximum Gasteiger partial charge on any atom is 0.338 e. The Kier molecular flexibility index (Phi) is 7.82. The third-order valence-corrected chi connectivity index (χ3v) is 6.95. The van der Waals surface area contributed by atoms with Crippen LogP contribution in [0.5, 0.6) is 0 Å². The van der Waals surface area contributed by atoms with Crippen LogP contribution >= 0.6 is 24.0 Å². The standard InChI is InChI=1S/C25H23N3O6S2/c1-3-34-24(32)15-8-10-16(11-9-15)26-19(29)14-28-18-7-5-4-6-17(18)20(22(28)30)21-23(31)27(12-13-33-2)25(35)36-21/h4-11H,3,12-14H2,1-2H3,(H,26,29)/b21-20-.